The van der Waals surface area contributed by atoms with Gasteiger partial charge in [-0.15, -0.1) is 0 Å². The molecule has 0 aliphatic carbocycles. The van der Waals surface area contributed by atoms with Gasteiger partial charge in [0.1, 0.15) is 12.4 Å². The van der Waals surface area contributed by atoms with Crippen LogP contribution in [0.4, 0.5) is 5.69 Å². The molecule has 0 aliphatic heterocycles. The summed E-state index contributed by atoms with van der Waals surface area (Å²) in [6.07, 6.45) is 1.72. The molecular formula is C20H18N2O2S. The van der Waals surface area contributed by atoms with E-state index in [1.54, 1.807) is 6.20 Å². The lowest BCUT2D eigenvalue weighted by molar-refractivity contribution is -0.113. The molecule has 1 aromatic heterocycles. The minimum absolute atomic E-state index is 0.0615. The van der Waals surface area contributed by atoms with Crippen LogP contribution in [0, 0.1) is 0 Å². The van der Waals surface area contributed by atoms with Crippen LogP contribution in [0.2, 0.25) is 0 Å². The number of carbonyl (C=O) groups excluding carboxylic acids is 1. The van der Waals surface area contributed by atoms with Gasteiger partial charge in [-0.3, -0.25) is 4.79 Å². The molecule has 3 rings (SSSR count). The fraction of sp³-hybridized carbons (Fsp3) is 0.100. The molecule has 0 atom stereocenters. The van der Waals surface area contributed by atoms with Crippen molar-refractivity contribution < 1.29 is 9.53 Å². The number of thioether (sulfide) groups is 1. The minimum Gasteiger partial charge on any atom is -0.489 e. The summed E-state index contributed by atoms with van der Waals surface area (Å²) in [4.78, 5) is 16.2. The van der Waals surface area contributed by atoms with Crippen LogP contribution in [0.15, 0.2) is 84.0 Å². The predicted octanol–water partition coefficient (Wildman–Crippen LogP) is 4.39. The number of aromatic nitrogens is 1. The summed E-state index contributed by atoms with van der Waals surface area (Å²) >= 11 is 1.41. The molecule has 0 bridgehead atoms. The Morgan fingerprint density at radius 2 is 1.72 bits per heavy atom. The molecule has 0 fully saturated rings. The van der Waals surface area contributed by atoms with E-state index in [4.69, 9.17) is 4.74 Å². The van der Waals surface area contributed by atoms with Crippen LogP contribution in [0.5, 0.6) is 5.75 Å². The first-order valence-corrected chi connectivity index (χ1v) is 8.88. The van der Waals surface area contributed by atoms with Crippen molar-refractivity contribution in [2.75, 3.05) is 11.1 Å². The third-order valence-electron chi connectivity index (χ3n) is 3.38. The number of pyridine rings is 1. The van der Waals surface area contributed by atoms with Crippen molar-refractivity contribution in [1.82, 2.24) is 4.98 Å². The molecular weight excluding hydrogens is 332 g/mol. The molecule has 0 saturated carbocycles. The molecule has 0 radical (unpaired) electrons. The Hall–Kier alpha value is -2.79. The molecule has 0 aliphatic rings. The van der Waals surface area contributed by atoms with Gasteiger partial charge < -0.3 is 10.1 Å². The normalized spacial score (nSPS) is 10.2. The van der Waals surface area contributed by atoms with E-state index in [1.165, 1.54) is 11.8 Å². The van der Waals surface area contributed by atoms with Crippen molar-refractivity contribution in [1.29, 1.82) is 0 Å². The number of anilines is 1. The second-order valence-electron chi connectivity index (χ2n) is 5.30. The lowest BCUT2D eigenvalue weighted by Crippen LogP contribution is -2.14. The van der Waals surface area contributed by atoms with E-state index in [0.29, 0.717) is 12.4 Å². The Morgan fingerprint density at radius 1 is 0.960 bits per heavy atom. The van der Waals surface area contributed by atoms with Crippen molar-refractivity contribution in [2.24, 2.45) is 0 Å². The highest BCUT2D eigenvalue weighted by Crippen LogP contribution is 2.18. The summed E-state index contributed by atoms with van der Waals surface area (Å²) in [5, 5.41) is 3.71. The molecule has 2 aromatic carbocycles. The smallest absolute Gasteiger partial charge is 0.234 e. The van der Waals surface area contributed by atoms with E-state index in [9.17, 15) is 4.79 Å². The second kappa shape index (κ2) is 8.89. The predicted molar refractivity (Wildman–Crippen MR) is 101 cm³/mol. The van der Waals surface area contributed by atoms with Crippen molar-refractivity contribution >= 4 is 23.4 Å². The lowest BCUT2D eigenvalue weighted by atomic mass is 10.2. The zero-order valence-corrected chi connectivity index (χ0v) is 14.4. The van der Waals surface area contributed by atoms with Crippen LogP contribution in [0.3, 0.4) is 0 Å². The Kier molecular flexibility index (Phi) is 6.06. The Balaban J connectivity index is 1.46. The number of rotatable bonds is 7. The van der Waals surface area contributed by atoms with E-state index in [0.717, 1.165) is 22.0 Å². The number of nitrogens with zero attached hydrogens (tertiary/aromatic N) is 1. The minimum atomic E-state index is -0.0615. The standard InChI is InChI=1S/C20H18N2O2S/c23-19(15-25-20-8-4-5-13-21-20)22-17-9-11-18(12-10-17)24-14-16-6-2-1-3-7-16/h1-13H,14-15H2,(H,22,23). The molecule has 3 aromatic rings. The first kappa shape index (κ1) is 17.0. The Bertz CT molecular complexity index is 793. The van der Waals surface area contributed by atoms with Gasteiger partial charge in [-0.2, -0.15) is 0 Å². The fourth-order valence-electron chi connectivity index (χ4n) is 2.14. The maximum absolute atomic E-state index is 12.0. The lowest BCUT2D eigenvalue weighted by Gasteiger charge is -2.08. The van der Waals surface area contributed by atoms with Gasteiger partial charge >= 0.3 is 0 Å². The zero-order chi connectivity index (χ0) is 17.3. The maximum atomic E-state index is 12.0. The van der Waals surface area contributed by atoms with Crippen molar-refractivity contribution in [2.45, 2.75) is 11.6 Å². The number of hydrogen-bond donors (Lipinski definition) is 1. The van der Waals surface area contributed by atoms with Crippen LogP contribution in [-0.4, -0.2) is 16.6 Å². The van der Waals surface area contributed by atoms with Crippen LogP contribution in [0.25, 0.3) is 0 Å². The first-order chi connectivity index (χ1) is 12.3. The fourth-order valence-corrected chi connectivity index (χ4v) is 2.81. The van der Waals surface area contributed by atoms with Gasteiger partial charge in [0.15, 0.2) is 0 Å². The summed E-state index contributed by atoms with van der Waals surface area (Å²) < 4.78 is 5.73. The number of ether oxygens (including phenoxy) is 1. The summed E-state index contributed by atoms with van der Waals surface area (Å²) in [5.41, 5.74) is 1.87. The van der Waals surface area contributed by atoms with Crippen LogP contribution in [-0.2, 0) is 11.4 Å². The third-order valence-corrected chi connectivity index (χ3v) is 4.32. The highest BCUT2D eigenvalue weighted by atomic mass is 32.2. The monoisotopic (exact) mass is 350 g/mol. The second-order valence-corrected chi connectivity index (χ2v) is 6.30. The number of benzene rings is 2. The number of hydrogen-bond acceptors (Lipinski definition) is 4. The SMILES string of the molecule is O=C(CSc1ccccn1)Nc1ccc(OCc2ccccc2)cc1. The average Bonchev–Trinajstić information content (AvgIpc) is 2.67. The zero-order valence-electron chi connectivity index (χ0n) is 13.6. The van der Waals surface area contributed by atoms with Gasteiger partial charge in [-0.25, -0.2) is 4.98 Å². The van der Waals surface area contributed by atoms with Gasteiger partial charge in [0.05, 0.1) is 10.8 Å². The number of amides is 1. The van der Waals surface area contributed by atoms with Crippen LogP contribution in [0.1, 0.15) is 5.56 Å². The summed E-state index contributed by atoms with van der Waals surface area (Å²) in [6, 6.07) is 23.0. The number of nitrogens with one attached hydrogen (secondary N) is 1. The molecule has 25 heavy (non-hydrogen) atoms. The van der Waals surface area contributed by atoms with Crippen LogP contribution < -0.4 is 10.1 Å². The Morgan fingerprint density at radius 3 is 2.44 bits per heavy atom. The topological polar surface area (TPSA) is 51.2 Å². The Labute approximate surface area is 151 Å². The molecule has 126 valence electrons. The molecule has 1 N–H and O–H groups in total. The van der Waals surface area contributed by atoms with E-state index < -0.39 is 0 Å². The van der Waals surface area contributed by atoms with E-state index in [1.807, 2.05) is 72.8 Å². The van der Waals surface area contributed by atoms with Crippen LogP contribution >= 0.6 is 11.8 Å². The first-order valence-electron chi connectivity index (χ1n) is 7.90. The van der Waals surface area contributed by atoms with E-state index >= 15 is 0 Å². The van der Waals surface area contributed by atoms with Gasteiger partial charge in [0, 0.05) is 11.9 Å². The largest absolute Gasteiger partial charge is 0.489 e. The number of carbonyl (C=O) groups is 1. The molecule has 1 amide bonds. The maximum Gasteiger partial charge on any atom is 0.234 e. The molecule has 0 saturated heterocycles. The third kappa shape index (κ3) is 5.65. The van der Waals surface area contributed by atoms with E-state index in [2.05, 4.69) is 10.3 Å². The highest BCUT2D eigenvalue weighted by Gasteiger charge is 2.04. The van der Waals surface area contributed by atoms with Gasteiger partial charge in [-0.05, 0) is 42.0 Å². The molecule has 4 nitrogen and oxygen atoms in total. The quantitative estimate of drug-likeness (QED) is 0.642. The summed E-state index contributed by atoms with van der Waals surface area (Å²) in [5.74, 6) is 1.03. The highest BCUT2D eigenvalue weighted by molar-refractivity contribution is 7.99. The van der Waals surface area contributed by atoms with Crippen molar-refractivity contribution in [3.63, 3.8) is 0 Å². The molecule has 0 spiro atoms. The van der Waals surface area contributed by atoms with Gasteiger partial charge in [0.25, 0.3) is 0 Å². The van der Waals surface area contributed by atoms with Crippen molar-refractivity contribution in [3.8, 4) is 5.75 Å². The van der Waals surface area contributed by atoms with Gasteiger partial charge in [-0.1, -0.05) is 48.2 Å². The molecule has 1 heterocycles. The van der Waals surface area contributed by atoms with Gasteiger partial charge in [0.2, 0.25) is 5.91 Å². The summed E-state index contributed by atoms with van der Waals surface area (Å²) in [7, 11) is 0. The van der Waals surface area contributed by atoms with E-state index in [-0.39, 0.29) is 5.91 Å². The van der Waals surface area contributed by atoms with Crippen molar-refractivity contribution in [3.05, 3.63) is 84.6 Å². The molecule has 0 unspecified atom stereocenters. The average molecular weight is 350 g/mol. The summed E-state index contributed by atoms with van der Waals surface area (Å²) in [6.45, 7) is 0.521. The molecule has 5 heteroatoms.